The summed E-state index contributed by atoms with van der Waals surface area (Å²) in [6, 6.07) is 20.6. The number of benzene rings is 3. The Labute approximate surface area is 245 Å². The zero-order valence-electron chi connectivity index (χ0n) is 22.7. The molecule has 1 saturated heterocycles. The fraction of sp³-hybridized carbons (Fsp3) is 0.182. The Morgan fingerprint density at radius 2 is 1.79 bits per heavy atom. The quantitative estimate of drug-likeness (QED) is 0.172. The molecule has 1 spiro atoms. The highest BCUT2D eigenvalue weighted by Crippen LogP contribution is 2.59. The topological polar surface area (TPSA) is 110 Å². The molecule has 0 radical (unpaired) electrons. The van der Waals surface area contributed by atoms with Gasteiger partial charge in [0.25, 0.3) is 5.69 Å². The van der Waals surface area contributed by atoms with Crippen LogP contribution in [0, 0.1) is 23.0 Å². The van der Waals surface area contributed by atoms with E-state index in [9.17, 15) is 24.5 Å². The Bertz CT molecular complexity index is 1860. The minimum atomic E-state index is -1.47. The van der Waals surface area contributed by atoms with Gasteiger partial charge in [0.1, 0.15) is 11.5 Å². The molecule has 3 aromatic carbocycles. The van der Waals surface area contributed by atoms with Crippen LogP contribution in [0.25, 0.3) is 5.57 Å². The molecule has 0 unspecified atom stereocenters. The van der Waals surface area contributed by atoms with Gasteiger partial charge in [-0.1, -0.05) is 54.1 Å². The number of fused-ring (bicyclic) bond motifs is 6. The van der Waals surface area contributed by atoms with Crippen molar-refractivity contribution in [2.45, 2.75) is 31.3 Å². The van der Waals surface area contributed by atoms with Gasteiger partial charge in [-0.2, -0.15) is 0 Å². The summed E-state index contributed by atoms with van der Waals surface area (Å²) in [6.45, 7) is 3.97. The van der Waals surface area contributed by atoms with Crippen LogP contribution in [0.2, 0.25) is 0 Å². The summed E-state index contributed by atoms with van der Waals surface area (Å²) in [6.07, 6.45) is 2.00. The number of amides is 1. The molecular formula is C33H25N3O5S. The number of non-ortho nitro benzene ring substituents is 1. The summed E-state index contributed by atoms with van der Waals surface area (Å²) in [7, 11) is 0. The predicted octanol–water partition coefficient (Wildman–Crippen LogP) is 6.21. The molecule has 208 valence electrons. The lowest BCUT2D eigenvalue weighted by Gasteiger charge is -2.39. The van der Waals surface area contributed by atoms with Crippen molar-refractivity contribution < 1.29 is 19.3 Å². The number of allylic oxidation sites excluding steroid dienone is 1. The number of Topliss-reactive ketones (excluding diaryl/α,β-unsaturated/α-hetero) is 2. The van der Waals surface area contributed by atoms with Crippen LogP contribution in [-0.2, 0) is 10.2 Å². The lowest BCUT2D eigenvalue weighted by Crippen LogP contribution is -2.51. The minimum Gasteiger partial charge on any atom is -0.352 e. The van der Waals surface area contributed by atoms with Crippen molar-refractivity contribution in [3.05, 3.63) is 128 Å². The molecule has 4 atom stereocenters. The average molecular weight is 576 g/mol. The maximum absolute atomic E-state index is 14.8. The van der Waals surface area contributed by atoms with E-state index in [1.54, 1.807) is 18.2 Å². The Morgan fingerprint density at radius 1 is 0.976 bits per heavy atom. The second kappa shape index (κ2) is 9.32. The number of hydrogen-bond acceptors (Lipinski definition) is 7. The first-order valence-corrected chi connectivity index (χ1v) is 14.5. The number of aryl methyl sites for hydroxylation is 1. The normalized spacial score (nSPS) is 23.6. The van der Waals surface area contributed by atoms with Crippen molar-refractivity contribution in [2.24, 2.45) is 5.92 Å². The van der Waals surface area contributed by atoms with Gasteiger partial charge in [-0.15, -0.1) is 11.3 Å². The summed E-state index contributed by atoms with van der Waals surface area (Å²) in [5, 5.41) is 16.5. The van der Waals surface area contributed by atoms with E-state index >= 15 is 0 Å². The number of hydrogen-bond donors (Lipinski definition) is 1. The molecule has 4 aromatic rings. The third-order valence-corrected chi connectivity index (χ3v) is 9.67. The van der Waals surface area contributed by atoms with E-state index in [0.29, 0.717) is 16.1 Å². The monoisotopic (exact) mass is 575 g/mol. The van der Waals surface area contributed by atoms with Crippen LogP contribution >= 0.6 is 11.3 Å². The molecule has 0 aliphatic carbocycles. The Hall–Kier alpha value is -4.89. The molecule has 1 fully saturated rings. The second-order valence-corrected chi connectivity index (χ2v) is 12.0. The number of anilines is 2. The summed E-state index contributed by atoms with van der Waals surface area (Å²) in [5.74, 6) is -2.32. The largest absolute Gasteiger partial charge is 0.352 e. The van der Waals surface area contributed by atoms with Crippen molar-refractivity contribution in [3.8, 4) is 0 Å². The van der Waals surface area contributed by atoms with Crippen LogP contribution in [-0.4, -0.2) is 34.5 Å². The molecule has 7 rings (SSSR count). The SMILES string of the molecule is CC1=C[C@@H]2N(c3ccc(C)cc31)[C@H](C(=O)c1cccs1)[C@@H](C(=O)c1cccc([N+](=O)[O-])c1)[C@@]21C(=O)Nc2ccccc21. The highest BCUT2D eigenvalue weighted by Gasteiger charge is 2.70. The lowest BCUT2D eigenvalue weighted by molar-refractivity contribution is -0.384. The van der Waals surface area contributed by atoms with Crippen molar-refractivity contribution in [2.75, 3.05) is 10.2 Å². The maximum atomic E-state index is 14.8. The summed E-state index contributed by atoms with van der Waals surface area (Å²) in [5.41, 5.74) is 3.28. The highest BCUT2D eigenvalue weighted by molar-refractivity contribution is 7.12. The molecule has 1 aromatic heterocycles. The molecule has 0 bridgehead atoms. The van der Waals surface area contributed by atoms with E-state index in [4.69, 9.17) is 0 Å². The van der Waals surface area contributed by atoms with Crippen LogP contribution in [0.4, 0.5) is 17.1 Å². The number of para-hydroxylation sites is 1. The molecular weight excluding hydrogens is 550 g/mol. The number of thiophene rings is 1. The number of rotatable bonds is 5. The molecule has 1 amide bonds. The summed E-state index contributed by atoms with van der Waals surface area (Å²) < 4.78 is 0. The van der Waals surface area contributed by atoms with E-state index < -0.39 is 34.1 Å². The fourth-order valence-electron chi connectivity index (χ4n) is 7.06. The van der Waals surface area contributed by atoms with Gasteiger partial charge in [0.05, 0.1) is 21.8 Å². The molecule has 0 saturated carbocycles. The van der Waals surface area contributed by atoms with Crippen LogP contribution < -0.4 is 10.2 Å². The van der Waals surface area contributed by atoms with Gasteiger partial charge >= 0.3 is 0 Å². The number of carbonyl (C=O) groups is 3. The van der Waals surface area contributed by atoms with Crippen LogP contribution in [0.3, 0.4) is 0 Å². The molecule has 3 aliphatic heterocycles. The highest BCUT2D eigenvalue weighted by atomic mass is 32.1. The first kappa shape index (κ1) is 26.0. The minimum absolute atomic E-state index is 0.0828. The standard InChI is InChI=1S/C33H25N3O5S/c1-18-12-13-25-22(15-18)19(2)16-27-33(23-9-3-4-10-24(23)34-32(33)39)28(29(35(25)27)31(38)26-11-6-14-42-26)30(37)20-7-5-8-21(17-20)36(40)41/h3-17,27-29H,1-2H3,(H,34,39)/t27-,28-,29-,33-/m0/s1. The van der Waals surface area contributed by atoms with Gasteiger partial charge in [0.2, 0.25) is 5.91 Å². The number of ketones is 2. The third-order valence-electron chi connectivity index (χ3n) is 8.79. The van der Waals surface area contributed by atoms with E-state index in [2.05, 4.69) is 11.4 Å². The van der Waals surface area contributed by atoms with Crippen LogP contribution in [0.5, 0.6) is 0 Å². The summed E-state index contributed by atoms with van der Waals surface area (Å²) >= 11 is 1.28. The van der Waals surface area contributed by atoms with Crippen molar-refractivity contribution >= 4 is 51.4 Å². The van der Waals surface area contributed by atoms with E-state index in [1.165, 1.54) is 35.6 Å². The Morgan fingerprint density at radius 3 is 2.55 bits per heavy atom. The van der Waals surface area contributed by atoms with Gasteiger partial charge in [0.15, 0.2) is 11.6 Å². The van der Waals surface area contributed by atoms with Gasteiger partial charge in [-0.25, -0.2) is 0 Å². The molecule has 4 heterocycles. The van der Waals surface area contributed by atoms with Gasteiger partial charge < -0.3 is 10.2 Å². The number of nitrogens with one attached hydrogen (secondary N) is 1. The zero-order chi connectivity index (χ0) is 29.3. The molecule has 3 aliphatic rings. The number of nitro benzene ring substituents is 1. The first-order chi connectivity index (χ1) is 20.2. The smallest absolute Gasteiger partial charge is 0.270 e. The molecule has 8 nitrogen and oxygen atoms in total. The maximum Gasteiger partial charge on any atom is 0.270 e. The van der Waals surface area contributed by atoms with Crippen molar-refractivity contribution in [1.82, 2.24) is 0 Å². The predicted molar refractivity (Wildman–Crippen MR) is 161 cm³/mol. The average Bonchev–Trinajstić information content (AvgIpc) is 3.70. The van der Waals surface area contributed by atoms with Gasteiger partial charge in [0, 0.05) is 34.6 Å². The Kier molecular flexibility index (Phi) is 5.78. The Balaban J connectivity index is 1.56. The van der Waals surface area contributed by atoms with Crippen molar-refractivity contribution in [1.29, 1.82) is 0 Å². The van der Waals surface area contributed by atoms with Crippen molar-refractivity contribution in [3.63, 3.8) is 0 Å². The van der Waals surface area contributed by atoms with Crippen LogP contribution in [0.1, 0.15) is 43.6 Å². The molecule has 42 heavy (non-hydrogen) atoms. The van der Waals surface area contributed by atoms with Gasteiger partial charge in [-0.3, -0.25) is 24.5 Å². The lowest BCUT2D eigenvalue weighted by atomic mass is 9.64. The van der Waals surface area contributed by atoms with E-state index in [0.717, 1.165) is 22.4 Å². The third kappa shape index (κ3) is 3.50. The van der Waals surface area contributed by atoms with Gasteiger partial charge in [-0.05, 0) is 54.6 Å². The number of nitro groups is 1. The molecule has 9 heteroatoms. The summed E-state index contributed by atoms with van der Waals surface area (Å²) in [4.78, 5) is 57.3. The first-order valence-electron chi connectivity index (χ1n) is 13.6. The number of carbonyl (C=O) groups excluding carboxylic acids is 3. The van der Waals surface area contributed by atoms with E-state index in [-0.39, 0.29) is 22.9 Å². The fourth-order valence-corrected chi connectivity index (χ4v) is 7.76. The molecule has 1 N–H and O–H groups in total. The van der Waals surface area contributed by atoms with Crippen LogP contribution in [0.15, 0.2) is 90.3 Å². The zero-order valence-corrected chi connectivity index (χ0v) is 23.6. The second-order valence-electron chi connectivity index (χ2n) is 11.0. The number of nitrogens with zero attached hydrogens (tertiary/aromatic N) is 2. The van der Waals surface area contributed by atoms with E-state index in [1.807, 2.05) is 60.5 Å².